The Morgan fingerprint density at radius 3 is 2.33 bits per heavy atom. The van der Waals surface area contributed by atoms with Crippen molar-refractivity contribution in [3.8, 4) is 17.0 Å². The largest absolute Gasteiger partial charge is 0.494 e. The molecule has 0 saturated carbocycles. The zero-order valence-electron chi connectivity index (χ0n) is 15.8. The Balaban J connectivity index is 2.25. The number of ether oxygens (including phenoxy) is 1. The third-order valence-corrected chi connectivity index (χ3v) is 5.83. The first kappa shape index (κ1) is 21.4. The molecular weight excluding hydrogens is 423 g/mol. The van der Waals surface area contributed by atoms with Gasteiger partial charge in [-0.1, -0.05) is 18.2 Å². The van der Waals surface area contributed by atoms with E-state index in [2.05, 4.69) is 5.10 Å². The number of hydrogen-bond acceptors (Lipinski definition) is 5. The second kappa shape index (κ2) is 8.19. The molecule has 158 valence electrons. The van der Waals surface area contributed by atoms with Gasteiger partial charge in [-0.25, -0.2) is 13.2 Å². The second-order valence-electron chi connectivity index (χ2n) is 6.07. The lowest BCUT2D eigenvalue weighted by Gasteiger charge is -2.22. The molecule has 0 unspecified atom stereocenters. The molecule has 30 heavy (non-hydrogen) atoms. The van der Waals surface area contributed by atoms with Crippen LogP contribution in [0, 0.1) is 5.82 Å². The van der Waals surface area contributed by atoms with Crippen molar-refractivity contribution >= 4 is 15.9 Å². The number of nitrogens with zero attached hydrogens (tertiary/aromatic N) is 3. The fraction of sp³-hybridized carbons (Fsp3) is 0.158. The maximum Gasteiger partial charge on any atom is 0.286 e. The van der Waals surface area contributed by atoms with E-state index in [1.54, 1.807) is 6.07 Å². The first-order valence-corrected chi connectivity index (χ1v) is 9.94. The monoisotopic (exact) mass is 439 g/mol. The number of methoxy groups -OCH3 is 1. The van der Waals surface area contributed by atoms with Gasteiger partial charge in [0.1, 0.15) is 5.69 Å². The molecule has 0 fully saturated rings. The lowest BCUT2D eigenvalue weighted by Crippen LogP contribution is -2.45. The average molecular weight is 439 g/mol. The van der Waals surface area contributed by atoms with Gasteiger partial charge in [0.2, 0.25) is 0 Å². The highest BCUT2D eigenvalue weighted by Gasteiger charge is 2.33. The molecule has 1 aromatic heterocycles. The zero-order valence-corrected chi connectivity index (χ0v) is 16.6. The van der Waals surface area contributed by atoms with Crippen LogP contribution in [-0.4, -0.2) is 31.3 Å². The third-order valence-electron chi connectivity index (χ3n) is 4.09. The van der Waals surface area contributed by atoms with Crippen LogP contribution in [0.3, 0.4) is 0 Å². The topological polar surface area (TPSA) is 81.5 Å². The summed E-state index contributed by atoms with van der Waals surface area (Å²) in [5, 5.41) is 3.61. The molecule has 0 atom stereocenters. The molecule has 2 aromatic carbocycles. The van der Waals surface area contributed by atoms with E-state index in [1.165, 1.54) is 43.5 Å². The molecule has 0 radical (unpaired) electrons. The van der Waals surface area contributed by atoms with Gasteiger partial charge in [0.05, 0.1) is 17.7 Å². The quantitative estimate of drug-likeness (QED) is 0.587. The Morgan fingerprint density at radius 1 is 1.13 bits per heavy atom. The second-order valence-corrected chi connectivity index (χ2v) is 7.84. The van der Waals surface area contributed by atoms with Crippen molar-refractivity contribution in [1.82, 2.24) is 9.89 Å². The van der Waals surface area contributed by atoms with E-state index in [4.69, 9.17) is 4.74 Å². The lowest BCUT2D eigenvalue weighted by molar-refractivity contribution is -0.116. The van der Waals surface area contributed by atoms with E-state index in [0.717, 1.165) is 19.1 Å². The predicted molar refractivity (Wildman–Crippen MR) is 102 cm³/mol. The fourth-order valence-electron chi connectivity index (χ4n) is 2.76. The molecule has 0 aliphatic rings. The van der Waals surface area contributed by atoms with Gasteiger partial charge in [-0.3, -0.25) is 4.79 Å². The number of rotatable bonds is 6. The molecule has 0 saturated heterocycles. The summed E-state index contributed by atoms with van der Waals surface area (Å²) in [6.45, 7) is 0.947. The molecule has 0 spiro atoms. The van der Waals surface area contributed by atoms with Crippen LogP contribution in [0.5, 0.6) is 5.75 Å². The van der Waals surface area contributed by atoms with Gasteiger partial charge < -0.3 is 4.74 Å². The summed E-state index contributed by atoms with van der Waals surface area (Å²) < 4.78 is 72.1. The van der Waals surface area contributed by atoms with Crippen LogP contribution in [0.4, 0.5) is 13.2 Å². The van der Waals surface area contributed by atoms with Crippen molar-refractivity contribution in [3.63, 3.8) is 0 Å². The Hall–Kier alpha value is -3.34. The van der Waals surface area contributed by atoms with E-state index in [0.29, 0.717) is 4.79 Å². The number of carbonyl (C=O) groups excluding carboxylic acids is 1. The van der Waals surface area contributed by atoms with Crippen LogP contribution in [0.2, 0.25) is 0 Å². The van der Waals surface area contributed by atoms with Crippen molar-refractivity contribution < 1.29 is 31.1 Å². The maximum absolute atomic E-state index is 14.2. The standard InChI is InChI=1S/C19H16F3N3O4S/c1-12(26)25(30(27,28)14-6-4-3-5-7-14)24-17(11-16(23-24)19(21)22)13-8-9-18(29-2)15(20)10-13/h3-11,19H,1-2H3. The van der Waals surface area contributed by atoms with Crippen molar-refractivity contribution in [2.24, 2.45) is 0 Å². The number of carbonyl (C=O) groups is 1. The number of aromatic nitrogens is 2. The van der Waals surface area contributed by atoms with E-state index in [9.17, 15) is 26.4 Å². The van der Waals surface area contributed by atoms with Crippen LogP contribution in [0.15, 0.2) is 59.5 Å². The maximum atomic E-state index is 14.2. The van der Waals surface area contributed by atoms with Crippen LogP contribution in [0.25, 0.3) is 11.3 Å². The van der Waals surface area contributed by atoms with Gasteiger partial charge in [-0.2, -0.15) is 13.2 Å². The molecule has 0 bridgehead atoms. The van der Waals surface area contributed by atoms with Crippen LogP contribution in [0.1, 0.15) is 19.0 Å². The molecule has 0 aliphatic carbocycles. The first-order valence-electron chi connectivity index (χ1n) is 8.50. The van der Waals surface area contributed by atoms with Gasteiger partial charge in [-0.05, 0) is 36.4 Å². The number of halogens is 3. The smallest absolute Gasteiger partial charge is 0.286 e. The van der Waals surface area contributed by atoms with Crippen molar-refractivity contribution in [3.05, 3.63) is 66.1 Å². The van der Waals surface area contributed by atoms with E-state index < -0.39 is 33.9 Å². The highest BCUT2D eigenvalue weighted by Crippen LogP contribution is 2.30. The molecule has 11 heteroatoms. The molecule has 1 amide bonds. The number of hydrogen-bond donors (Lipinski definition) is 0. The highest BCUT2D eigenvalue weighted by atomic mass is 32.2. The average Bonchev–Trinajstić information content (AvgIpc) is 3.13. The molecule has 3 aromatic rings. The number of benzene rings is 2. The normalized spacial score (nSPS) is 11.5. The summed E-state index contributed by atoms with van der Waals surface area (Å²) in [6, 6.07) is 11.4. The lowest BCUT2D eigenvalue weighted by atomic mass is 10.1. The molecular formula is C19H16F3N3O4S. The first-order chi connectivity index (χ1) is 14.2. The molecule has 3 rings (SSSR count). The molecule has 0 aliphatic heterocycles. The molecule has 0 N–H and O–H groups in total. The number of alkyl halides is 2. The summed E-state index contributed by atoms with van der Waals surface area (Å²) in [5.41, 5.74) is -0.987. The summed E-state index contributed by atoms with van der Waals surface area (Å²) >= 11 is 0. The zero-order chi connectivity index (χ0) is 22.1. The summed E-state index contributed by atoms with van der Waals surface area (Å²) in [5.74, 6) is -1.90. The molecule has 7 nitrogen and oxygen atoms in total. The summed E-state index contributed by atoms with van der Waals surface area (Å²) in [6.07, 6.45) is -3.05. The minimum atomic E-state index is -4.50. The summed E-state index contributed by atoms with van der Waals surface area (Å²) in [4.78, 5) is 12.6. The van der Waals surface area contributed by atoms with Gasteiger partial charge in [0.25, 0.3) is 22.4 Å². The van der Waals surface area contributed by atoms with Gasteiger partial charge in [0.15, 0.2) is 11.6 Å². The predicted octanol–water partition coefficient (Wildman–Crippen LogP) is 3.51. The summed E-state index contributed by atoms with van der Waals surface area (Å²) in [7, 11) is -3.25. The minimum Gasteiger partial charge on any atom is -0.494 e. The highest BCUT2D eigenvalue weighted by molar-refractivity contribution is 7.93. The third kappa shape index (κ3) is 3.88. The SMILES string of the molecule is COc1ccc(-c2cc(C(F)F)nn2N(C(C)=O)S(=O)(=O)c2ccccc2)cc1F. The number of sulfonamides is 1. The van der Waals surface area contributed by atoms with Gasteiger partial charge >= 0.3 is 0 Å². The van der Waals surface area contributed by atoms with Gasteiger partial charge in [0, 0.05) is 12.5 Å². The van der Waals surface area contributed by atoms with Gasteiger partial charge in [-0.15, -0.1) is 9.51 Å². The van der Waals surface area contributed by atoms with E-state index in [-0.39, 0.29) is 26.3 Å². The van der Waals surface area contributed by atoms with E-state index in [1.807, 2.05) is 0 Å². The fourth-order valence-corrected chi connectivity index (χ4v) is 4.12. The van der Waals surface area contributed by atoms with Crippen molar-refractivity contribution in [2.75, 3.05) is 11.5 Å². The van der Waals surface area contributed by atoms with Crippen LogP contribution >= 0.6 is 0 Å². The number of amides is 1. The van der Waals surface area contributed by atoms with Crippen molar-refractivity contribution in [2.45, 2.75) is 18.2 Å². The van der Waals surface area contributed by atoms with Crippen molar-refractivity contribution in [1.29, 1.82) is 0 Å². The Labute approximate surface area is 170 Å². The Kier molecular flexibility index (Phi) is 5.83. The Morgan fingerprint density at radius 2 is 1.80 bits per heavy atom. The van der Waals surface area contributed by atoms with E-state index >= 15 is 0 Å². The Bertz CT molecular complexity index is 1180. The van der Waals surface area contributed by atoms with Crippen LogP contribution in [-0.2, 0) is 14.8 Å². The molecule has 1 heterocycles. The minimum absolute atomic E-state index is 0.0159. The van der Waals surface area contributed by atoms with Crippen LogP contribution < -0.4 is 9.15 Å².